The average molecular weight is 510 g/mol. The molecule has 0 spiro atoms. The molecule has 2 aromatic carbocycles. The quantitative estimate of drug-likeness (QED) is 0.286. The molecule has 5 nitrogen and oxygen atoms in total. The Labute approximate surface area is 207 Å². The standard InChI is InChI=1S/C26H25F2N3O2SSi/c1-26(2,3)35(4,5)33-18-9-7-17(8-10-18)31-23(32)13-11-19-24(22(15-29)34-25(19)31)30-21-12-6-16(27)14-20(21)28/h6-14,30H,1-5H3. The number of nitrogens with one attached hydrogen (secondary N) is 1. The van der Waals surface area contributed by atoms with Crippen LogP contribution >= 0.6 is 11.3 Å². The van der Waals surface area contributed by atoms with E-state index in [0.717, 1.165) is 29.2 Å². The number of rotatable bonds is 5. The predicted molar refractivity (Wildman–Crippen MR) is 140 cm³/mol. The Balaban J connectivity index is 1.77. The van der Waals surface area contributed by atoms with Crippen molar-refractivity contribution in [2.75, 3.05) is 5.32 Å². The molecule has 4 aromatic rings. The maximum absolute atomic E-state index is 14.3. The Morgan fingerprint density at radius 3 is 2.34 bits per heavy atom. The molecule has 0 saturated carbocycles. The molecule has 9 heteroatoms. The van der Waals surface area contributed by atoms with Crippen LogP contribution in [0.25, 0.3) is 15.9 Å². The van der Waals surface area contributed by atoms with Crippen LogP contribution in [-0.4, -0.2) is 12.9 Å². The molecule has 2 aromatic heterocycles. The van der Waals surface area contributed by atoms with Crippen LogP contribution in [0.4, 0.5) is 20.2 Å². The van der Waals surface area contributed by atoms with E-state index < -0.39 is 20.0 Å². The number of benzene rings is 2. The van der Waals surface area contributed by atoms with Gasteiger partial charge in [0.25, 0.3) is 5.56 Å². The van der Waals surface area contributed by atoms with Crippen molar-refractivity contribution in [3.05, 3.63) is 81.5 Å². The Morgan fingerprint density at radius 2 is 1.74 bits per heavy atom. The summed E-state index contributed by atoms with van der Waals surface area (Å²) in [4.78, 5) is 13.7. The summed E-state index contributed by atoms with van der Waals surface area (Å²) >= 11 is 1.12. The number of hydrogen-bond donors (Lipinski definition) is 1. The van der Waals surface area contributed by atoms with Gasteiger partial charge in [-0.25, -0.2) is 8.78 Å². The zero-order valence-corrected chi connectivity index (χ0v) is 21.9. The van der Waals surface area contributed by atoms with Crippen LogP contribution < -0.4 is 15.3 Å². The second-order valence-corrected chi connectivity index (χ2v) is 15.5. The molecule has 0 saturated heterocycles. The van der Waals surface area contributed by atoms with Crippen LogP contribution in [0.5, 0.6) is 5.75 Å². The van der Waals surface area contributed by atoms with Gasteiger partial charge in [-0.2, -0.15) is 5.26 Å². The van der Waals surface area contributed by atoms with Gasteiger partial charge >= 0.3 is 0 Å². The lowest BCUT2D eigenvalue weighted by Crippen LogP contribution is -2.43. The Kier molecular flexibility index (Phi) is 6.30. The molecular weight excluding hydrogens is 484 g/mol. The van der Waals surface area contributed by atoms with Gasteiger partial charge in [0, 0.05) is 17.5 Å². The zero-order valence-electron chi connectivity index (χ0n) is 20.1. The first-order valence-corrected chi connectivity index (χ1v) is 14.7. The molecule has 0 radical (unpaired) electrons. The molecule has 4 rings (SSSR count). The lowest BCUT2D eigenvalue weighted by molar-refractivity contribution is 0.492. The summed E-state index contributed by atoms with van der Waals surface area (Å²) < 4.78 is 35.5. The van der Waals surface area contributed by atoms with Crippen LogP contribution in [0.15, 0.2) is 59.4 Å². The van der Waals surface area contributed by atoms with E-state index in [4.69, 9.17) is 4.43 Å². The van der Waals surface area contributed by atoms with Crippen molar-refractivity contribution >= 4 is 41.2 Å². The SMILES string of the molecule is CC(C)(C)[Si](C)(C)Oc1ccc(-n2c(=O)ccc3c(Nc4ccc(F)cc4F)c(C#N)sc32)cc1. The molecule has 1 N–H and O–H groups in total. The number of halogens is 2. The fraction of sp³-hybridized carbons (Fsp3) is 0.231. The molecule has 180 valence electrons. The number of fused-ring (bicyclic) bond motifs is 1. The average Bonchev–Trinajstić information content (AvgIpc) is 3.12. The van der Waals surface area contributed by atoms with Crippen molar-refractivity contribution in [2.45, 2.75) is 38.9 Å². The van der Waals surface area contributed by atoms with Crippen LogP contribution in [-0.2, 0) is 0 Å². The second kappa shape index (κ2) is 8.95. The number of nitriles is 1. The highest BCUT2D eigenvalue weighted by Crippen LogP contribution is 2.39. The topological polar surface area (TPSA) is 67.0 Å². The molecule has 2 heterocycles. The Bertz CT molecular complexity index is 1510. The van der Waals surface area contributed by atoms with Gasteiger partial charge in [-0.3, -0.25) is 9.36 Å². The van der Waals surface area contributed by atoms with E-state index in [9.17, 15) is 18.8 Å². The highest BCUT2D eigenvalue weighted by Gasteiger charge is 2.38. The third-order valence-electron chi connectivity index (χ3n) is 6.31. The predicted octanol–water partition coefficient (Wildman–Crippen LogP) is 7.33. The first-order chi connectivity index (χ1) is 16.4. The molecule has 0 aliphatic carbocycles. The van der Waals surface area contributed by atoms with Crippen molar-refractivity contribution < 1.29 is 13.2 Å². The molecule has 0 fully saturated rings. The molecule has 0 bridgehead atoms. The summed E-state index contributed by atoms with van der Waals surface area (Å²) in [7, 11) is -2.02. The molecular formula is C26H25F2N3O2SSi. The first-order valence-electron chi connectivity index (χ1n) is 11.0. The first kappa shape index (κ1) is 24.6. The molecule has 0 amide bonds. The van der Waals surface area contributed by atoms with E-state index in [2.05, 4.69) is 45.3 Å². The van der Waals surface area contributed by atoms with E-state index in [1.165, 1.54) is 16.7 Å². The van der Waals surface area contributed by atoms with Crippen molar-refractivity contribution in [2.24, 2.45) is 0 Å². The Morgan fingerprint density at radius 1 is 1.06 bits per heavy atom. The minimum absolute atomic E-state index is 0.0347. The maximum atomic E-state index is 14.3. The molecule has 35 heavy (non-hydrogen) atoms. The lowest BCUT2D eigenvalue weighted by Gasteiger charge is -2.36. The Hall–Kier alpha value is -3.48. The summed E-state index contributed by atoms with van der Waals surface area (Å²) in [5, 5.41) is 13.3. The van der Waals surface area contributed by atoms with Gasteiger partial charge in [-0.15, -0.1) is 11.3 Å². The van der Waals surface area contributed by atoms with Crippen molar-refractivity contribution in [3.8, 4) is 17.5 Å². The van der Waals surface area contributed by atoms with E-state index in [1.54, 1.807) is 6.07 Å². The van der Waals surface area contributed by atoms with E-state index >= 15 is 0 Å². The summed E-state index contributed by atoms with van der Waals surface area (Å²) in [5.74, 6) is -0.740. The summed E-state index contributed by atoms with van der Waals surface area (Å²) in [6, 6.07) is 15.6. The number of nitrogens with zero attached hydrogens (tertiary/aromatic N) is 2. The van der Waals surface area contributed by atoms with E-state index in [-0.39, 0.29) is 21.2 Å². The lowest BCUT2D eigenvalue weighted by atomic mass is 10.2. The fourth-order valence-electron chi connectivity index (χ4n) is 3.37. The van der Waals surface area contributed by atoms with Gasteiger partial charge in [-0.05, 0) is 60.6 Å². The normalized spacial score (nSPS) is 11.9. The minimum Gasteiger partial charge on any atom is -0.544 e. The van der Waals surface area contributed by atoms with Gasteiger partial charge in [0.2, 0.25) is 8.32 Å². The smallest absolute Gasteiger partial charge is 0.256 e. The number of thiophene rings is 1. The van der Waals surface area contributed by atoms with Gasteiger partial charge in [0.1, 0.15) is 33.2 Å². The van der Waals surface area contributed by atoms with E-state index in [1.807, 2.05) is 24.3 Å². The number of aromatic nitrogens is 1. The van der Waals surface area contributed by atoms with Crippen LogP contribution in [0.2, 0.25) is 18.1 Å². The van der Waals surface area contributed by atoms with Gasteiger partial charge in [0.05, 0.1) is 17.1 Å². The van der Waals surface area contributed by atoms with Crippen molar-refractivity contribution in [1.29, 1.82) is 5.26 Å². The summed E-state index contributed by atoms with van der Waals surface area (Å²) in [6.45, 7) is 10.8. The van der Waals surface area contributed by atoms with Crippen LogP contribution in [0.3, 0.4) is 0 Å². The number of pyridine rings is 1. The zero-order chi connectivity index (χ0) is 25.5. The fourth-order valence-corrected chi connectivity index (χ4v) is 5.47. The van der Waals surface area contributed by atoms with E-state index in [0.29, 0.717) is 21.6 Å². The van der Waals surface area contributed by atoms with Gasteiger partial charge in [-0.1, -0.05) is 20.8 Å². The van der Waals surface area contributed by atoms with Crippen molar-refractivity contribution in [1.82, 2.24) is 4.57 Å². The van der Waals surface area contributed by atoms with Gasteiger partial charge < -0.3 is 9.74 Å². The van der Waals surface area contributed by atoms with Crippen LogP contribution in [0.1, 0.15) is 25.6 Å². The largest absolute Gasteiger partial charge is 0.544 e. The monoisotopic (exact) mass is 509 g/mol. The maximum Gasteiger partial charge on any atom is 0.256 e. The second-order valence-electron chi connectivity index (χ2n) is 9.75. The highest BCUT2D eigenvalue weighted by molar-refractivity contribution is 7.20. The molecule has 0 atom stereocenters. The van der Waals surface area contributed by atoms with Crippen LogP contribution in [0, 0.1) is 23.0 Å². The third-order valence-corrected chi connectivity index (χ3v) is 11.8. The minimum atomic E-state index is -2.02. The summed E-state index contributed by atoms with van der Waals surface area (Å²) in [6.07, 6.45) is 0. The molecule has 0 aliphatic heterocycles. The van der Waals surface area contributed by atoms with Crippen molar-refractivity contribution in [3.63, 3.8) is 0 Å². The van der Waals surface area contributed by atoms with Gasteiger partial charge in [0.15, 0.2) is 0 Å². The number of anilines is 2. The highest BCUT2D eigenvalue weighted by atomic mass is 32.1. The summed E-state index contributed by atoms with van der Waals surface area (Å²) in [5.41, 5.74) is 0.756. The number of hydrogen-bond acceptors (Lipinski definition) is 5. The molecule has 0 aliphatic rings. The molecule has 0 unspecified atom stereocenters. The third kappa shape index (κ3) is 4.72.